The van der Waals surface area contributed by atoms with Crippen LogP contribution in [0.3, 0.4) is 0 Å². The fourth-order valence-electron chi connectivity index (χ4n) is 3.80. The van der Waals surface area contributed by atoms with Crippen LogP contribution in [-0.4, -0.2) is 8.42 Å². The molecule has 6 heteroatoms. The van der Waals surface area contributed by atoms with Gasteiger partial charge in [-0.1, -0.05) is 54.1 Å². The maximum atomic E-state index is 13.4. The molecule has 4 nitrogen and oxygen atoms in total. The SMILES string of the molecule is O=S1(=O)c2ccc(Cl)cc2[C@]2(c3ccccc3)Nc3ccccc3N21. The average molecular weight is 369 g/mol. The number of halogens is 1. The number of nitrogens with zero attached hydrogens (tertiary/aromatic N) is 1. The highest BCUT2D eigenvalue weighted by Gasteiger charge is 2.59. The highest BCUT2D eigenvalue weighted by atomic mass is 35.5. The second-order valence-corrected chi connectivity index (χ2v) is 8.32. The maximum absolute atomic E-state index is 13.4. The van der Waals surface area contributed by atoms with Crippen LogP contribution < -0.4 is 9.62 Å². The van der Waals surface area contributed by atoms with E-state index in [1.165, 1.54) is 4.31 Å². The fourth-order valence-corrected chi connectivity index (χ4v) is 5.92. The molecule has 0 radical (unpaired) electrons. The Morgan fingerprint density at radius 1 is 0.920 bits per heavy atom. The first-order valence-corrected chi connectivity index (χ1v) is 9.65. The molecule has 5 rings (SSSR count). The summed E-state index contributed by atoms with van der Waals surface area (Å²) in [6.07, 6.45) is 0. The summed E-state index contributed by atoms with van der Waals surface area (Å²) in [5.41, 5.74) is 1.88. The first-order chi connectivity index (χ1) is 12.0. The van der Waals surface area contributed by atoms with Crippen LogP contribution in [0.5, 0.6) is 0 Å². The summed E-state index contributed by atoms with van der Waals surface area (Å²) in [7, 11) is -3.71. The molecule has 1 N–H and O–H groups in total. The molecule has 0 saturated heterocycles. The predicted octanol–water partition coefficient (Wildman–Crippen LogP) is 4.18. The quantitative estimate of drug-likeness (QED) is 0.701. The van der Waals surface area contributed by atoms with Gasteiger partial charge in [0.15, 0.2) is 5.66 Å². The monoisotopic (exact) mass is 368 g/mol. The van der Waals surface area contributed by atoms with E-state index >= 15 is 0 Å². The van der Waals surface area contributed by atoms with Crippen LogP contribution >= 0.6 is 11.6 Å². The smallest absolute Gasteiger partial charge is 0.267 e. The van der Waals surface area contributed by atoms with Crippen molar-refractivity contribution in [2.75, 3.05) is 9.62 Å². The summed E-state index contributed by atoms with van der Waals surface area (Å²) >= 11 is 6.23. The highest BCUT2D eigenvalue weighted by molar-refractivity contribution is 7.93. The van der Waals surface area contributed by atoms with E-state index in [2.05, 4.69) is 5.32 Å². The van der Waals surface area contributed by atoms with Gasteiger partial charge in [-0.2, -0.15) is 0 Å². The van der Waals surface area contributed by atoms with E-state index in [1.807, 2.05) is 54.6 Å². The van der Waals surface area contributed by atoms with E-state index in [-0.39, 0.29) is 4.90 Å². The molecule has 0 saturated carbocycles. The van der Waals surface area contributed by atoms with Crippen molar-refractivity contribution < 1.29 is 8.42 Å². The third kappa shape index (κ3) is 1.74. The molecule has 0 aliphatic carbocycles. The first-order valence-electron chi connectivity index (χ1n) is 7.83. The summed E-state index contributed by atoms with van der Waals surface area (Å²) < 4.78 is 28.2. The molecule has 2 aliphatic heterocycles. The van der Waals surface area contributed by atoms with Gasteiger partial charge in [-0.3, -0.25) is 0 Å². The molecular formula is C19H13ClN2O2S. The molecule has 0 unspecified atom stereocenters. The van der Waals surface area contributed by atoms with Gasteiger partial charge in [-0.15, -0.1) is 0 Å². The van der Waals surface area contributed by atoms with Gasteiger partial charge in [0.1, 0.15) is 0 Å². The number of sulfonamides is 1. The van der Waals surface area contributed by atoms with Crippen molar-refractivity contribution >= 4 is 33.0 Å². The molecule has 25 heavy (non-hydrogen) atoms. The number of hydrogen-bond donors (Lipinski definition) is 1. The van der Waals surface area contributed by atoms with Crippen LogP contribution in [0.15, 0.2) is 77.7 Å². The molecule has 3 aromatic rings. The Hall–Kier alpha value is -2.50. The molecule has 124 valence electrons. The van der Waals surface area contributed by atoms with Crippen LogP contribution in [0.4, 0.5) is 11.4 Å². The molecule has 3 aromatic carbocycles. The van der Waals surface area contributed by atoms with Crippen LogP contribution in [0.2, 0.25) is 5.02 Å². The summed E-state index contributed by atoms with van der Waals surface area (Å²) in [5.74, 6) is 0. The second-order valence-electron chi connectivity index (χ2n) is 6.13. The normalized spacial score (nSPS) is 22.0. The summed E-state index contributed by atoms with van der Waals surface area (Å²) in [6.45, 7) is 0. The molecule has 2 aliphatic rings. The molecule has 0 fully saturated rings. The zero-order valence-electron chi connectivity index (χ0n) is 13.0. The second kappa shape index (κ2) is 4.77. The minimum absolute atomic E-state index is 0.280. The number of rotatable bonds is 1. The number of para-hydroxylation sites is 2. The number of benzene rings is 3. The van der Waals surface area contributed by atoms with Crippen LogP contribution in [0, 0.1) is 0 Å². The van der Waals surface area contributed by atoms with E-state index in [1.54, 1.807) is 18.2 Å². The van der Waals surface area contributed by atoms with Crippen LogP contribution in [-0.2, 0) is 15.7 Å². The zero-order valence-corrected chi connectivity index (χ0v) is 14.6. The fraction of sp³-hybridized carbons (Fsp3) is 0.0526. The first kappa shape index (κ1) is 14.8. The maximum Gasteiger partial charge on any atom is 0.267 e. The summed E-state index contributed by atoms with van der Waals surface area (Å²) in [4.78, 5) is 0.280. The lowest BCUT2D eigenvalue weighted by Gasteiger charge is -2.33. The molecule has 1 atom stereocenters. The molecule has 0 amide bonds. The van der Waals surface area contributed by atoms with Gasteiger partial charge in [0.25, 0.3) is 10.0 Å². The Kier molecular flexibility index (Phi) is 2.83. The van der Waals surface area contributed by atoms with Crippen LogP contribution in [0.25, 0.3) is 0 Å². The van der Waals surface area contributed by atoms with Gasteiger partial charge in [-0.05, 0) is 30.3 Å². The molecule has 0 bridgehead atoms. The Labute approximate surface area is 150 Å². The van der Waals surface area contributed by atoms with Crippen LogP contribution in [0.1, 0.15) is 11.1 Å². The van der Waals surface area contributed by atoms with Crippen molar-refractivity contribution in [3.05, 3.63) is 88.9 Å². The molecule has 0 spiro atoms. The van der Waals surface area contributed by atoms with Gasteiger partial charge >= 0.3 is 0 Å². The molecular weight excluding hydrogens is 356 g/mol. The van der Waals surface area contributed by atoms with E-state index in [0.717, 1.165) is 11.3 Å². The Morgan fingerprint density at radius 3 is 2.44 bits per heavy atom. The predicted molar refractivity (Wildman–Crippen MR) is 98.4 cm³/mol. The number of hydrogen-bond acceptors (Lipinski definition) is 3. The third-order valence-corrected chi connectivity index (χ3v) is 6.88. The molecule has 0 aromatic heterocycles. The van der Waals surface area contributed by atoms with E-state index < -0.39 is 15.7 Å². The van der Waals surface area contributed by atoms with Gasteiger partial charge in [0.05, 0.1) is 16.3 Å². The van der Waals surface area contributed by atoms with Crippen molar-refractivity contribution in [3.63, 3.8) is 0 Å². The van der Waals surface area contributed by atoms with Crippen molar-refractivity contribution in [1.29, 1.82) is 0 Å². The largest absolute Gasteiger partial charge is 0.353 e. The highest BCUT2D eigenvalue weighted by Crippen LogP contribution is 2.57. The minimum atomic E-state index is -3.71. The topological polar surface area (TPSA) is 49.4 Å². The van der Waals surface area contributed by atoms with E-state index in [9.17, 15) is 8.42 Å². The van der Waals surface area contributed by atoms with Gasteiger partial charge < -0.3 is 5.32 Å². The third-order valence-electron chi connectivity index (χ3n) is 4.78. The summed E-state index contributed by atoms with van der Waals surface area (Å²) in [6, 6.07) is 21.9. The number of anilines is 2. The minimum Gasteiger partial charge on any atom is -0.353 e. The Bertz CT molecular complexity index is 1120. The van der Waals surface area contributed by atoms with Gasteiger partial charge in [-0.25, -0.2) is 12.7 Å². The van der Waals surface area contributed by atoms with Crippen molar-refractivity contribution in [2.45, 2.75) is 10.6 Å². The Balaban J connectivity index is 1.93. The van der Waals surface area contributed by atoms with E-state index in [0.29, 0.717) is 16.3 Å². The van der Waals surface area contributed by atoms with E-state index in [4.69, 9.17) is 11.6 Å². The zero-order chi connectivity index (χ0) is 17.2. The summed E-state index contributed by atoms with van der Waals surface area (Å²) in [5, 5.41) is 3.96. The number of fused-ring (bicyclic) bond motifs is 5. The lowest BCUT2D eigenvalue weighted by molar-refractivity contribution is 0.582. The standard InChI is InChI=1S/C19H13ClN2O2S/c20-14-10-11-18-15(12-14)19(13-6-2-1-3-7-13)21-16-8-4-5-9-17(16)22(19)25(18,23)24/h1-12,21H/t19-/m1/s1. The van der Waals surface area contributed by atoms with Crippen molar-refractivity contribution in [3.8, 4) is 0 Å². The van der Waals surface area contributed by atoms with Gasteiger partial charge in [0.2, 0.25) is 0 Å². The Morgan fingerprint density at radius 2 is 1.64 bits per heavy atom. The van der Waals surface area contributed by atoms with Crippen molar-refractivity contribution in [1.82, 2.24) is 0 Å². The lowest BCUT2D eigenvalue weighted by atomic mass is 9.91. The molecule has 2 heterocycles. The average Bonchev–Trinajstić information content (AvgIpc) is 3.07. The van der Waals surface area contributed by atoms with Crippen molar-refractivity contribution in [2.24, 2.45) is 0 Å². The van der Waals surface area contributed by atoms with Gasteiger partial charge in [0, 0.05) is 16.1 Å². The number of nitrogens with one attached hydrogen (secondary N) is 1. The lowest BCUT2D eigenvalue weighted by Crippen LogP contribution is -2.46.